The predicted octanol–water partition coefficient (Wildman–Crippen LogP) is 12.4. The van der Waals surface area contributed by atoms with Crippen molar-refractivity contribution in [1.82, 2.24) is 0 Å². The molecular formula is C38H70O4. The standard InChI is InChI=1S/C38H70O4/c1-3-5-7-9-10-11-12-13-14-15-16-17-18-19-20-21-22-27-31-35-38(41)42-36(32-28-24-8-6-4-2)33-29-25-23-26-30-34-37(39)40/h10-11,13-14,36H,3-9,12,15-35H2,1-2H3,(H,39,40)/b11-10-,14-13-. The number of hydrogen-bond donors (Lipinski definition) is 1. The molecule has 0 aliphatic rings. The van der Waals surface area contributed by atoms with Gasteiger partial charge in [-0.1, -0.05) is 141 Å². The summed E-state index contributed by atoms with van der Waals surface area (Å²) < 4.78 is 5.93. The van der Waals surface area contributed by atoms with Gasteiger partial charge in [0.1, 0.15) is 6.10 Å². The molecule has 4 heteroatoms. The van der Waals surface area contributed by atoms with Crippen LogP contribution in [-0.2, 0) is 14.3 Å². The fourth-order valence-electron chi connectivity index (χ4n) is 5.45. The molecule has 1 unspecified atom stereocenters. The van der Waals surface area contributed by atoms with E-state index in [1.165, 1.54) is 103 Å². The topological polar surface area (TPSA) is 63.6 Å². The number of ether oxygens (including phenoxy) is 1. The van der Waals surface area contributed by atoms with Crippen LogP contribution in [0.4, 0.5) is 0 Å². The Morgan fingerprint density at radius 2 is 0.929 bits per heavy atom. The van der Waals surface area contributed by atoms with Gasteiger partial charge in [-0.3, -0.25) is 9.59 Å². The quantitative estimate of drug-likeness (QED) is 0.0469. The molecule has 1 atom stereocenters. The summed E-state index contributed by atoms with van der Waals surface area (Å²) in [4.78, 5) is 23.2. The summed E-state index contributed by atoms with van der Waals surface area (Å²) in [5.41, 5.74) is 0. The lowest BCUT2D eigenvalue weighted by molar-refractivity contribution is -0.150. The molecule has 4 nitrogen and oxygen atoms in total. The van der Waals surface area contributed by atoms with E-state index in [1.807, 2.05) is 0 Å². The molecule has 0 aromatic heterocycles. The second-order valence-corrected chi connectivity index (χ2v) is 12.4. The molecule has 0 amide bonds. The highest BCUT2D eigenvalue weighted by Gasteiger charge is 2.14. The van der Waals surface area contributed by atoms with Gasteiger partial charge in [-0.2, -0.15) is 0 Å². The second-order valence-electron chi connectivity index (χ2n) is 12.4. The van der Waals surface area contributed by atoms with Crippen molar-refractivity contribution in [1.29, 1.82) is 0 Å². The lowest BCUT2D eigenvalue weighted by atomic mass is 10.0. The van der Waals surface area contributed by atoms with Crippen LogP contribution in [0.5, 0.6) is 0 Å². The van der Waals surface area contributed by atoms with E-state index < -0.39 is 5.97 Å². The molecule has 0 fully saturated rings. The van der Waals surface area contributed by atoms with Crippen LogP contribution in [0.1, 0.15) is 200 Å². The number of aliphatic carboxylic acids is 1. The number of hydrogen-bond acceptors (Lipinski definition) is 3. The summed E-state index contributed by atoms with van der Waals surface area (Å²) in [5, 5.41) is 8.76. The Kier molecular flexibility index (Phi) is 32.6. The van der Waals surface area contributed by atoms with Gasteiger partial charge >= 0.3 is 11.9 Å². The van der Waals surface area contributed by atoms with Crippen LogP contribution in [0, 0.1) is 0 Å². The maximum atomic E-state index is 12.5. The Morgan fingerprint density at radius 1 is 0.524 bits per heavy atom. The highest BCUT2D eigenvalue weighted by Crippen LogP contribution is 2.18. The fraction of sp³-hybridized carbons (Fsp3) is 0.842. The summed E-state index contributed by atoms with van der Waals surface area (Å²) in [7, 11) is 0. The van der Waals surface area contributed by atoms with Crippen molar-refractivity contribution in [3.63, 3.8) is 0 Å². The predicted molar refractivity (Wildman–Crippen MR) is 181 cm³/mol. The van der Waals surface area contributed by atoms with E-state index in [2.05, 4.69) is 38.2 Å². The van der Waals surface area contributed by atoms with E-state index in [4.69, 9.17) is 9.84 Å². The van der Waals surface area contributed by atoms with Crippen molar-refractivity contribution in [2.45, 2.75) is 206 Å². The van der Waals surface area contributed by atoms with Crippen LogP contribution < -0.4 is 0 Å². The SMILES string of the molecule is CCCCC/C=C\C/C=C\CCCCCCCCCCCC(=O)OC(CCCCCCC)CCCCCCCC(=O)O. The Morgan fingerprint density at radius 3 is 1.45 bits per heavy atom. The average Bonchev–Trinajstić information content (AvgIpc) is 2.97. The number of rotatable bonds is 33. The van der Waals surface area contributed by atoms with E-state index in [0.29, 0.717) is 6.42 Å². The van der Waals surface area contributed by atoms with Crippen molar-refractivity contribution in [2.75, 3.05) is 0 Å². The first-order valence-electron chi connectivity index (χ1n) is 18.3. The number of esters is 1. The van der Waals surface area contributed by atoms with Gasteiger partial charge in [0.2, 0.25) is 0 Å². The zero-order valence-electron chi connectivity index (χ0n) is 28.1. The summed E-state index contributed by atoms with van der Waals surface area (Å²) in [5.74, 6) is -0.710. The molecule has 0 spiro atoms. The van der Waals surface area contributed by atoms with Crippen molar-refractivity contribution < 1.29 is 19.4 Å². The minimum Gasteiger partial charge on any atom is -0.481 e. The van der Waals surface area contributed by atoms with Gasteiger partial charge in [0.05, 0.1) is 0 Å². The number of unbranched alkanes of at least 4 members (excludes halogenated alkanes) is 20. The van der Waals surface area contributed by atoms with Gasteiger partial charge in [0.15, 0.2) is 0 Å². The van der Waals surface area contributed by atoms with Crippen LogP contribution in [0.15, 0.2) is 24.3 Å². The van der Waals surface area contributed by atoms with E-state index in [0.717, 1.165) is 70.6 Å². The van der Waals surface area contributed by atoms with E-state index in [-0.39, 0.29) is 18.5 Å². The lowest BCUT2D eigenvalue weighted by Crippen LogP contribution is -2.18. The lowest BCUT2D eigenvalue weighted by Gasteiger charge is -2.18. The number of carboxylic acids is 1. The van der Waals surface area contributed by atoms with E-state index >= 15 is 0 Å². The van der Waals surface area contributed by atoms with Crippen LogP contribution in [0.2, 0.25) is 0 Å². The van der Waals surface area contributed by atoms with Gasteiger partial charge in [-0.05, 0) is 70.6 Å². The van der Waals surface area contributed by atoms with Crippen LogP contribution in [0.3, 0.4) is 0 Å². The monoisotopic (exact) mass is 591 g/mol. The third-order valence-corrected chi connectivity index (χ3v) is 8.18. The molecule has 0 heterocycles. The van der Waals surface area contributed by atoms with Crippen molar-refractivity contribution in [2.24, 2.45) is 0 Å². The number of carbonyl (C=O) groups excluding carboxylic acids is 1. The highest BCUT2D eigenvalue weighted by molar-refractivity contribution is 5.69. The molecule has 1 N–H and O–H groups in total. The molecule has 0 aromatic rings. The molecule has 0 aliphatic carbocycles. The molecule has 246 valence electrons. The molecule has 0 aliphatic heterocycles. The minimum absolute atomic E-state index is 0.00735. The first-order valence-corrected chi connectivity index (χ1v) is 18.3. The average molecular weight is 591 g/mol. The van der Waals surface area contributed by atoms with E-state index in [1.54, 1.807) is 0 Å². The molecule has 42 heavy (non-hydrogen) atoms. The van der Waals surface area contributed by atoms with Crippen LogP contribution >= 0.6 is 0 Å². The molecule has 0 rings (SSSR count). The molecule has 0 aromatic carbocycles. The molecule has 0 saturated carbocycles. The molecule has 0 bridgehead atoms. The van der Waals surface area contributed by atoms with Crippen molar-refractivity contribution >= 4 is 11.9 Å². The second kappa shape index (κ2) is 33.9. The minimum atomic E-state index is -0.702. The van der Waals surface area contributed by atoms with Gasteiger partial charge < -0.3 is 9.84 Å². The summed E-state index contributed by atoms with van der Waals surface area (Å²) in [6.07, 6.45) is 42.0. The van der Waals surface area contributed by atoms with Gasteiger partial charge in [0, 0.05) is 12.8 Å². The third-order valence-electron chi connectivity index (χ3n) is 8.18. The van der Waals surface area contributed by atoms with Crippen LogP contribution in [0.25, 0.3) is 0 Å². The highest BCUT2D eigenvalue weighted by atomic mass is 16.5. The Hall–Kier alpha value is -1.58. The Balaban J connectivity index is 3.79. The largest absolute Gasteiger partial charge is 0.481 e. The first-order chi connectivity index (χ1) is 20.6. The summed E-state index contributed by atoms with van der Waals surface area (Å²) >= 11 is 0. The van der Waals surface area contributed by atoms with Gasteiger partial charge in [-0.25, -0.2) is 0 Å². The molecule has 0 radical (unpaired) electrons. The smallest absolute Gasteiger partial charge is 0.306 e. The van der Waals surface area contributed by atoms with E-state index in [9.17, 15) is 9.59 Å². The summed E-state index contributed by atoms with van der Waals surface area (Å²) in [6.45, 7) is 4.49. The number of carboxylic acid groups (broad SMARTS) is 1. The number of allylic oxidation sites excluding steroid dienone is 4. The fourth-order valence-corrected chi connectivity index (χ4v) is 5.45. The normalized spacial score (nSPS) is 12.4. The van der Waals surface area contributed by atoms with Gasteiger partial charge in [-0.15, -0.1) is 0 Å². The van der Waals surface area contributed by atoms with Crippen molar-refractivity contribution in [3.8, 4) is 0 Å². The molecular weight excluding hydrogens is 520 g/mol. The zero-order valence-corrected chi connectivity index (χ0v) is 28.1. The van der Waals surface area contributed by atoms with Gasteiger partial charge in [0.25, 0.3) is 0 Å². The van der Waals surface area contributed by atoms with Crippen LogP contribution in [-0.4, -0.2) is 23.1 Å². The third kappa shape index (κ3) is 32.9. The Bertz CT molecular complexity index is 639. The number of carbonyl (C=O) groups is 2. The first kappa shape index (κ1) is 40.4. The Labute approximate surface area is 261 Å². The van der Waals surface area contributed by atoms with Crippen molar-refractivity contribution in [3.05, 3.63) is 24.3 Å². The molecule has 0 saturated heterocycles. The maximum absolute atomic E-state index is 12.5. The zero-order chi connectivity index (χ0) is 30.8. The summed E-state index contributed by atoms with van der Waals surface area (Å²) in [6, 6.07) is 0. The maximum Gasteiger partial charge on any atom is 0.306 e.